The fourth-order valence-corrected chi connectivity index (χ4v) is 3.38. The quantitative estimate of drug-likeness (QED) is 0.858. The zero-order valence-corrected chi connectivity index (χ0v) is 14.5. The third kappa shape index (κ3) is 5.86. The highest BCUT2D eigenvalue weighted by atomic mass is 19.1. The standard InChI is InChI=1S/C19H28F2N2O/c1-23(15-8-5-3-2-4-6-9-15)14-19(24)22-13-12-16-17(20)10-7-11-18(16)21/h7,10-11,15H,2-6,8-9,12-14H2,1H3,(H,22,24). The second-order valence-electron chi connectivity index (χ2n) is 6.71. The average molecular weight is 338 g/mol. The van der Waals surface area contributed by atoms with Crippen molar-refractivity contribution in [2.45, 2.75) is 57.4 Å². The highest BCUT2D eigenvalue weighted by Gasteiger charge is 2.18. The van der Waals surface area contributed by atoms with E-state index in [0.29, 0.717) is 12.6 Å². The van der Waals surface area contributed by atoms with Crippen LogP contribution in [0.3, 0.4) is 0 Å². The molecule has 1 aromatic rings. The van der Waals surface area contributed by atoms with Crippen LogP contribution in [0.25, 0.3) is 0 Å². The molecular weight excluding hydrogens is 310 g/mol. The number of benzene rings is 1. The number of hydrogen-bond acceptors (Lipinski definition) is 2. The zero-order valence-electron chi connectivity index (χ0n) is 14.5. The lowest BCUT2D eigenvalue weighted by molar-refractivity contribution is -0.122. The van der Waals surface area contributed by atoms with Crippen LogP contribution in [0.5, 0.6) is 0 Å². The molecule has 1 amide bonds. The van der Waals surface area contributed by atoms with Gasteiger partial charge in [-0.1, -0.05) is 38.2 Å². The van der Waals surface area contributed by atoms with Gasteiger partial charge in [0.2, 0.25) is 5.91 Å². The summed E-state index contributed by atoms with van der Waals surface area (Å²) < 4.78 is 27.1. The summed E-state index contributed by atoms with van der Waals surface area (Å²) in [6.45, 7) is 0.583. The lowest BCUT2D eigenvalue weighted by atomic mass is 9.96. The van der Waals surface area contributed by atoms with E-state index in [-0.39, 0.29) is 24.4 Å². The monoisotopic (exact) mass is 338 g/mol. The smallest absolute Gasteiger partial charge is 0.234 e. The van der Waals surface area contributed by atoms with Gasteiger partial charge >= 0.3 is 0 Å². The van der Waals surface area contributed by atoms with E-state index < -0.39 is 11.6 Å². The normalized spacial score (nSPS) is 16.7. The lowest BCUT2D eigenvalue weighted by Crippen LogP contribution is -2.41. The second-order valence-corrected chi connectivity index (χ2v) is 6.71. The van der Waals surface area contributed by atoms with E-state index >= 15 is 0 Å². The van der Waals surface area contributed by atoms with Crippen molar-refractivity contribution in [1.82, 2.24) is 10.2 Å². The zero-order chi connectivity index (χ0) is 17.4. The Kier molecular flexibility index (Phi) is 7.63. The molecule has 0 radical (unpaired) electrons. The van der Waals surface area contributed by atoms with Crippen molar-refractivity contribution >= 4 is 5.91 Å². The first-order valence-corrected chi connectivity index (χ1v) is 8.97. The minimum atomic E-state index is -0.559. The van der Waals surface area contributed by atoms with Crippen molar-refractivity contribution in [2.24, 2.45) is 0 Å². The molecule has 0 unspecified atom stereocenters. The van der Waals surface area contributed by atoms with Crippen LogP contribution >= 0.6 is 0 Å². The van der Waals surface area contributed by atoms with Gasteiger partial charge in [0.05, 0.1) is 6.54 Å². The summed E-state index contributed by atoms with van der Waals surface area (Å²) >= 11 is 0. The van der Waals surface area contributed by atoms with E-state index in [4.69, 9.17) is 0 Å². The van der Waals surface area contributed by atoms with Gasteiger partial charge in [-0.25, -0.2) is 8.78 Å². The molecule has 0 heterocycles. The minimum absolute atomic E-state index is 0.0335. The molecule has 1 N–H and O–H groups in total. The number of likely N-dealkylation sites (N-methyl/N-ethyl adjacent to an activating group) is 1. The summed E-state index contributed by atoms with van der Waals surface area (Å²) in [5.41, 5.74) is 0.0335. The number of halogens is 2. The van der Waals surface area contributed by atoms with Crippen LogP contribution in [0.15, 0.2) is 18.2 Å². The highest BCUT2D eigenvalue weighted by Crippen LogP contribution is 2.20. The van der Waals surface area contributed by atoms with Crippen molar-refractivity contribution in [2.75, 3.05) is 20.1 Å². The summed E-state index contributed by atoms with van der Waals surface area (Å²) in [6, 6.07) is 4.28. The first kappa shape index (κ1) is 18.8. The van der Waals surface area contributed by atoms with Crippen molar-refractivity contribution in [1.29, 1.82) is 0 Å². The molecule has 2 rings (SSSR count). The van der Waals surface area contributed by atoms with E-state index in [1.807, 2.05) is 7.05 Å². The molecule has 1 aliphatic rings. The Morgan fingerprint density at radius 3 is 2.33 bits per heavy atom. The molecule has 0 saturated heterocycles. The van der Waals surface area contributed by atoms with Gasteiger partial charge in [-0.05, 0) is 38.4 Å². The van der Waals surface area contributed by atoms with Crippen molar-refractivity contribution < 1.29 is 13.6 Å². The molecule has 1 aromatic carbocycles. The molecule has 0 bridgehead atoms. The van der Waals surface area contributed by atoms with Crippen LogP contribution in [0.2, 0.25) is 0 Å². The fourth-order valence-electron chi connectivity index (χ4n) is 3.38. The fraction of sp³-hybridized carbons (Fsp3) is 0.632. The number of rotatable bonds is 6. The number of amides is 1. The predicted molar refractivity (Wildman–Crippen MR) is 91.8 cm³/mol. The summed E-state index contributed by atoms with van der Waals surface area (Å²) in [4.78, 5) is 14.2. The summed E-state index contributed by atoms with van der Waals surface area (Å²) in [7, 11) is 1.99. The summed E-state index contributed by atoms with van der Waals surface area (Å²) in [6.07, 6.45) is 8.79. The maximum Gasteiger partial charge on any atom is 0.234 e. The average Bonchev–Trinajstić information content (AvgIpc) is 2.49. The maximum absolute atomic E-state index is 13.5. The van der Waals surface area contributed by atoms with E-state index in [1.54, 1.807) is 0 Å². The van der Waals surface area contributed by atoms with Gasteiger partial charge in [0, 0.05) is 18.2 Å². The largest absolute Gasteiger partial charge is 0.355 e. The van der Waals surface area contributed by atoms with Crippen LogP contribution < -0.4 is 5.32 Å². The molecule has 3 nitrogen and oxygen atoms in total. The third-order valence-electron chi connectivity index (χ3n) is 4.85. The molecule has 24 heavy (non-hydrogen) atoms. The van der Waals surface area contributed by atoms with Crippen LogP contribution in [-0.4, -0.2) is 37.0 Å². The van der Waals surface area contributed by atoms with Crippen LogP contribution in [0.4, 0.5) is 8.78 Å². The second kappa shape index (κ2) is 9.72. The summed E-state index contributed by atoms with van der Waals surface area (Å²) in [5.74, 6) is -1.21. The van der Waals surface area contributed by atoms with Gasteiger partial charge in [0.25, 0.3) is 0 Å². The maximum atomic E-state index is 13.5. The first-order chi connectivity index (χ1) is 11.6. The number of nitrogens with one attached hydrogen (secondary N) is 1. The Morgan fingerprint density at radius 1 is 1.12 bits per heavy atom. The molecule has 0 spiro atoms. The Balaban J connectivity index is 1.74. The van der Waals surface area contributed by atoms with Gasteiger partial charge < -0.3 is 5.32 Å². The molecule has 5 heteroatoms. The molecule has 134 valence electrons. The van der Waals surface area contributed by atoms with Crippen LogP contribution in [-0.2, 0) is 11.2 Å². The van der Waals surface area contributed by atoms with E-state index in [1.165, 1.54) is 50.3 Å². The highest BCUT2D eigenvalue weighted by molar-refractivity contribution is 5.78. The molecule has 1 fully saturated rings. The molecule has 1 aliphatic carbocycles. The molecule has 0 atom stereocenters. The van der Waals surface area contributed by atoms with Crippen molar-refractivity contribution in [3.05, 3.63) is 35.4 Å². The van der Waals surface area contributed by atoms with Gasteiger partial charge in [-0.15, -0.1) is 0 Å². The Bertz CT molecular complexity index is 508. The van der Waals surface area contributed by atoms with E-state index in [0.717, 1.165) is 12.8 Å². The van der Waals surface area contributed by atoms with Gasteiger partial charge in [-0.2, -0.15) is 0 Å². The van der Waals surface area contributed by atoms with Gasteiger partial charge in [0.15, 0.2) is 0 Å². The van der Waals surface area contributed by atoms with E-state index in [2.05, 4.69) is 10.2 Å². The van der Waals surface area contributed by atoms with Crippen molar-refractivity contribution in [3.63, 3.8) is 0 Å². The van der Waals surface area contributed by atoms with Crippen LogP contribution in [0.1, 0.15) is 50.5 Å². The van der Waals surface area contributed by atoms with Gasteiger partial charge in [0.1, 0.15) is 11.6 Å². The Hall–Kier alpha value is -1.49. The van der Waals surface area contributed by atoms with Crippen molar-refractivity contribution in [3.8, 4) is 0 Å². The number of hydrogen-bond donors (Lipinski definition) is 1. The number of carbonyl (C=O) groups excluding carboxylic acids is 1. The third-order valence-corrected chi connectivity index (χ3v) is 4.85. The topological polar surface area (TPSA) is 32.3 Å². The number of carbonyl (C=O) groups is 1. The molecule has 0 aliphatic heterocycles. The SMILES string of the molecule is CN(CC(=O)NCCc1c(F)cccc1F)C1CCCCCCC1. The lowest BCUT2D eigenvalue weighted by Gasteiger charge is -2.29. The van der Waals surface area contributed by atoms with Crippen LogP contribution in [0, 0.1) is 11.6 Å². The summed E-state index contributed by atoms with van der Waals surface area (Å²) in [5, 5.41) is 2.77. The van der Waals surface area contributed by atoms with Gasteiger partial charge in [-0.3, -0.25) is 9.69 Å². The Labute approximate surface area is 143 Å². The number of nitrogens with zero attached hydrogens (tertiary/aromatic N) is 1. The molecule has 0 aromatic heterocycles. The molecule has 1 saturated carbocycles. The van der Waals surface area contributed by atoms with E-state index in [9.17, 15) is 13.6 Å². The molecular formula is C19H28F2N2O. The minimum Gasteiger partial charge on any atom is -0.355 e. The predicted octanol–water partition coefficient (Wildman–Crippen LogP) is 3.67. The first-order valence-electron chi connectivity index (χ1n) is 8.97. The Morgan fingerprint density at radius 2 is 1.71 bits per heavy atom.